The van der Waals surface area contributed by atoms with Crippen LogP contribution in [0.2, 0.25) is 0 Å². The molecule has 0 spiro atoms. The van der Waals surface area contributed by atoms with Gasteiger partial charge in [0.15, 0.2) is 0 Å². The number of carbonyl (C=O) groups is 2. The first-order valence-corrected chi connectivity index (χ1v) is 5.74. The molecule has 1 amide bonds. The molecule has 5 heteroatoms. The van der Waals surface area contributed by atoms with Crippen molar-refractivity contribution in [2.45, 2.75) is 53.1 Å². The number of carbonyl (C=O) groups excluding carboxylic acids is 1. The Labute approximate surface area is 103 Å². The van der Waals surface area contributed by atoms with E-state index in [4.69, 9.17) is 10.8 Å². The quantitative estimate of drug-likeness (QED) is 0.672. The summed E-state index contributed by atoms with van der Waals surface area (Å²) >= 11 is 0. The summed E-state index contributed by atoms with van der Waals surface area (Å²) in [6, 6.07) is -0.626. The third kappa shape index (κ3) is 3.43. The first kappa shape index (κ1) is 15.9. The van der Waals surface area contributed by atoms with E-state index in [-0.39, 0.29) is 11.8 Å². The molecule has 0 aromatic heterocycles. The van der Waals surface area contributed by atoms with Crippen molar-refractivity contribution in [2.24, 2.45) is 17.1 Å². The minimum absolute atomic E-state index is 0.0127. The molecule has 0 aliphatic rings. The first-order valence-electron chi connectivity index (χ1n) is 5.74. The second kappa shape index (κ2) is 5.04. The molecule has 0 saturated carbocycles. The standard InChI is InChI=1S/C12H24N2O3/c1-7(2)8(13)9(15)14-12(5,6)11(3,4)10(16)17/h7-8H,13H2,1-6H3,(H,14,15)(H,16,17)/t8-/m1/s1. The van der Waals surface area contributed by atoms with Crippen molar-refractivity contribution in [1.82, 2.24) is 5.32 Å². The fourth-order valence-corrected chi connectivity index (χ4v) is 1.12. The van der Waals surface area contributed by atoms with Crippen molar-refractivity contribution in [3.63, 3.8) is 0 Å². The van der Waals surface area contributed by atoms with Gasteiger partial charge < -0.3 is 16.2 Å². The molecule has 0 aromatic rings. The summed E-state index contributed by atoms with van der Waals surface area (Å²) in [7, 11) is 0. The van der Waals surface area contributed by atoms with Crippen LogP contribution in [0.1, 0.15) is 41.5 Å². The normalized spacial score (nSPS) is 14.6. The zero-order chi connectivity index (χ0) is 14.0. The molecule has 0 unspecified atom stereocenters. The van der Waals surface area contributed by atoms with Gasteiger partial charge in [0, 0.05) is 0 Å². The summed E-state index contributed by atoms with van der Waals surface area (Å²) in [4.78, 5) is 23.0. The number of hydrogen-bond donors (Lipinski definition) is 3. The van der Waals surface area contributed by atoms with Crippen LogP contribution >= 0.6 is 0 Å². The molecule has 100 valence electrons. The summed E-state index contributed by atoms with van der Waals surface area (Å²) in [5, 5.41) is 11.9. The van der Waals surface area contributed by atoms with Gasteiger partial charge in [0.2, 0.25) is 5.91 Å². The zero-order valence-corrected chi connectivity index (χ0v) is 11.5. The van der Waals surface area contributed by atoms with Gasteiger partial charge in [-0.1, -0.05) is 13.8 Å². The highest BCUT2D eigenvalue weighted by Gasteiger charge is 2.45. The number of hydrogen-bond acceptors (Lipinski definition) is 3. The van der Waals surface area contributed by atoms with E-state index in [1.54, 1.807) is 27.7 Å². The van der Waals surface area contributed by atoms with Crippen LogP contribution in [0.5, 0.6) is 0 Å². The van der Waals surface area contributed by atoms with Gasteiger partial charge in [-0.15, -0.1) is 0 Å². The number of carboxylic acid groups (broad SMARTS) is 1. The molecule has 0 aliphatic heterocycles. The molecule has 0 bridgehead atoms. The lowest BCUT2D eigenvalue weighted by Gasteiger charge is -2.39. The van der Waals surface area contributed by atoms with Crippen molar-refractivity contribution >= 4 is 11.9 Å². The van der Waals surface area contributed by atoms with Gasteiger partial charge in [0.1, 0.15) is 0 Å². The van der Waals surface area contributed by atoms with Crippen LogP contribution in [0, 0.1) is 11.3 Å². The fraction of sp³-hybridized carbons (Fsp3) is 0.833. The predicted octanol–water partition coefficient (Wildman–Crippen LogP) is 0.975. The highest BCUT2D eigenvalue weighted by Crippen LogP contribution is 2.30. The van der Waals surface area contributed by atoms with E-state index in [0.29, 0.717) is 0 Å². The Hall–Kier alpha value is -1.10. The molecule has 17 heavy (non-hydrogen) atoms. The van der Waals surface area contributed by atoms with E-state index < -0.39 is 23.0 Å². The van der Waals surface area contributed by atoms with E-state index in [1.807, 2.05) is 13.8 Å². The van der Waals surface area contributed by atoms with Crippen LogP contribution < -0.4 is 11.1 Å². The number of aliphatic carboxylic acids is 1. The summed E-state index contributed by atoms with van der Waals surface area (Å²) in [5.74, 6) is -1.26. The summed E-state index contributed by atoms with van der Waals surface area (Å²) in [6.07, 6.45) is 0. The Balaban J connectivity index is 4.89. The van der Waals surface area contributed by atoms with Crippen LogP contribution in [0.25, 0.3) is 0 Å². The molecule has 0 heterocycles. The number of nitrogens with one attached hydrogen (secondary N) is 1. The van der Waals surface area contributed by atoms with Crippen LogP contribution in [0.15, 0.2) is 0 Å². The summed E-state index contributed by atoms with van der Waals surface area (Å²) < 4.78 is 0. The van der Waals surface area contributed by atoms with Crippen LogP contribution in [-0.2, 0) is 9.59 Å². The molecule has 0 saturated heterocycles. The molecule has 0 aromatic carbocycles. The average molecular weight is 244 g/mol. The van der Waals surface area contributed by atoms with Gasteiger partial charge in [0.25, 0.3) is 0 Å². The topological polar surface area (TPSA) is 92.4 Å². The number of nitrogens with two attached hydrogens (primary N) is 1. The van der Waals surface area contributed by atoms with Crippen molar-refractivity contribution < 1.29 is 14.7 Å². The van der Waals surface area contributed by atoms with Crippen molar-refractivity contribution in [2.75, 3.05) is 0 Å². The molecule has 0 radical (unpaired) electrons. The van der Waals surface area contributed by atoms with E-state index >= 15 is 0 Å². The van der Waals surface area contributed by atoms with Crippen LogP contribution in [0.3, 0.4) is 0 Å². The minimum Gasteiger partial charge on any atom is -0.481 e. The molecule has 1 atom stereocenters. The maximum Gasteiger partial charge on any atom is 0.311 e. The molecular formula is C12H24N2O3. The molecule has 0 fully saturated rings. The highest BCUT2D eigenvalue weighted by atomic mass is 16.4. The summed E-state index contributed by atoms with van der Waals surface area (Å²) in [6.45, 7) is 10.2. The Bertz CT molecular complexity index is 309. The third-order valence-corrected chi connectivity index (χ3v) is 3.55. The smallest absolute Gasteiger partial charge is 0.311 e. The van der Waals surface area contributed by atoms with Crippen molar-refractivity contribution in [3.8, 4) is 0 Å². The monoisotopic (exact) mass is 244 g/mol. The van der Waals surface area contributed by atoms with Gasteiger partial charge >= 0.3 is 5.97 Å². The molecule has 4 N–H and O–H groups in total. The maximum absolute atomic E-state index is 11.8. The Morgan fingerprint density at radius 2 is 1.59 bits per heavy atom. The van der Waals surface area contributed by atoms with Gasteiger partial charge in [-0.05, 0) is 33.6 Å². The van der Waals surface area contributed by atoms with Crippen molar-refractivity contribution in [3.05, 3.63) is 0 Å². The predicted molar refractivity (Wildman–Crippen MR) is 66.5 cm³/mol. The lowest BCUT2D eigenvalue weighted by molar-refractivity contribution is -0.152. The third-order valence-electron chi connectivity index (χ3n) is 3.55. The SMILES string of the molecule is CC(C)[C@@H](N)C(=O)NC(C)(C)C(C)(C)C(=O)O. The Kier molecular flexibility index (Phi) is 4.71. The number of carboxylic acids is 1. The number of rotatable bonds is 5. The molecule has 5 nitrogen and oxygen atoms in total. The highest BCUT2D eigenvalue weighted by molar-refractivity contribution is 5.84. The van der Waals surface area contributed by atoms with Crippen LogP contribution in [-0.4, -0.2) is 28.6 Å². The fourth-order valence-electron chi connectivity index (χ4n) is 1.12. The lowest BCUT2D eigenvalue weighted by Crippen LogP contribution is -2.60. The van der Waals surface area contributed by atoms with Crippen LogP contribution in [0.4, 0.5) is 0 Å². The van der Waals surface area contributed by atoms with Gasteiger partial charge in [-0.25, -0.2) is 0 Å². The maximum atomic E-state index is 11.8. The minimum atomic E-state index is -1.07. The van der Waals surface area contributed by atoms with E-state index in [9.17, 15) is 9.59 Å². The van der Waals surface area contributed by atoms with E-state index in [1.165, 1.54) is 0 Å². The van der Waals surface area contributed by atoms with Gasteiger partial charge in [-0.2, -0.15) is 0 Å². The first-order chi connectivity index (χ1) is 7.43. The summed E-state index contributed by atoms with van der Waals surface area (Å²) in [5.41, 5.74) is 3.78. The molecule has 0 rings (SSSR count). The Morgan fingerprint density at radius 3 is 1.88 bits per heavy atom. The molecular weight excluding hydrogens is 220 g/mol. The van der Waals surface area contributed by atoms with E-state index in [2.05, 4.69) is 5.32 Å². The van der Waals surface area contributed by atoms with E-state index in [0.717, 1.165) is 0 Å². The van der Waals surface area contributed by atoms with Crippen molar-refractivity contribution in [1.29, 1.82) is 0 Å². The second-order valence-corrected chi connectivity index (χ2v) is 5.81. The molecule has 0 aliphatic carbocycles. The average Bonchev–Trinajstić information content (AvgIpc) is 2.14. The van der Waals surface area contributed by atoms with Gasteiger partial charge in [-0.3, -0.25) is 9.59 Å². The second-order valence-electron chi connectivity index (χ2n) is 5.81. The zero-order valence-electron chi connectivity index (χ0n) is 11.5. The Morgan fingerprint density at radius 1 is 1.18 bits per heavy atom. The largest absolute Gasteiger partial charge is 0.481 e. The van der Waals surface area contributed by atoms with Gasteiger partial charge in [0.05, 0.1) is 17.0 Å². The number of amides is 1. The lowest BCUT2D eigenvalue weighted by atomic mass is 9.74.